The maximum Gasteiger partial charge on any atom is 0.237 e. The first-order valence-corrected chi connectivity index (χ1v) is 9.92. The Morgan fingerprint density at radius 1 is 1.08 bits per heavy atom. The fourth-order valence-electron chi connectivity index (χ4n) is 2.28. The molecule has 0 bridgehead atoms. The van der Waals surface area contributed by atoms with Gasteiger partial charge in [-0.2, -0.15) is 0 Å². The van der Waals surface area contributed by atoms with Crippen molar-refractivity contribution in [3.05, 3.63) is 59.7 Å². The maximum atomic E-state index is 12.3. The molecule has 5 nitrogen and oxygen atoms in total. The van der Waals surface area contributed by atoms with E-state index in [2.05, 4.69) is 40.7 Å². The Morgan fingerprint density at radius 3 is 2.62 bits per heavy atom. The number of nitrogens with zero attached hydrogens (tertiary/aromatic N) is 2. The van der Waals surface area contributed by atoms with Crippen molar-refractivity contribution in [1.29, 1.82) is 0 Å². The lowest BCUT2D eigenvalue weighted by molar-refractivity contribution is -0.115. The molecule has 0 saturated heterocycles. The summed E-state index contributed by atoms with van der Waals surface area (Å²) in [6, 6.07) is 15.5. The quantitative estimate of drug-likeness (QED) is 0.584. The van der Waals surface area contributed by atoms with E-state index >= 15 is 0 Å². The zero-order chi connectivity index (χ0) is 18.5. The van der Waals surface area contributed by atoms with Gasteiger partial charge in [-0.1, -0.05) is 53.4 Å². The molecule has 1 amide bonds. The molecule has 3 aromatic rings. The van der Waals surface area contributed by atoms with Crippen LogP contribution in [0.15, 0.2) is 52.9 Å². The number of carbonyl (C=O) groups is 1. The molecule has 2 aromatic carbocycles. The maximum absolute atomic E-state index is 12.3. The molecule has 2 N–H and O–H groups in total. The Kier molecular flexibility index (Phi) is 5.90. The number of hydrogen-bond acceptors (Lipinski definition) is 6. The van der Waals surface area contributed by atoms with Gasteiger partial charge in [0.2, 0.25) is 11.0 Å². The first kappa shape index (κ1) is 18.4. The summed E-state index contributed by atoms with van der Waals surface area (Å²) in [5.74, 6) is -0.0552. The number of benzene rings is 2. The summed E-state index contributed by atoms with van der Waals surface area (Å²) < 4.78 is 0.758. The molecule has 1 aromatic heterocycles. The Bertz CT molecular complexity index is 896. The van der Waals surface area contributed by atoms with E-state index in [0.29, 0.717) is 0 Å². The molecule has 1 atom stereocenters. The van der Waals surface area contributed by atoms with Gasteiger partial charge >= 0.3 is 0 Å². The van der Waals surface area contributed by atoms with Gasteiger partial charge in [0.25, 0.3) is 0 Å². The van der Waals surface area contributed by atoms with Crippen LogP contribution in [0.2, 0.25) is 0 Å². The highest BCUT2D eigenvalue weighted by atomic mass is 32.2. The van der Waals surface area contributed by atoms with Crippen molar-refractivity contribution in [2.75, 3.05) is 10.6 Å². The van der Waals surface area contributed by atoms with Crippen LogP contribution in [0.1, 0.15) is 18.1 Å². The summed E-state index contributed by atoms with van der Waals surface area (Å²) in [5, 5.41) is 15.0. The molecule has 3 rings (SSSR count). The van der Waals surface area contributed by atoms with Gasteiger partial charge in [0, 0.05) is 11.4 Å². The third-order valence-corrected chi connectivity index (χ3v) is 5.96. The van der Waals surface area contributed by atoms with E-state index in [0.717, 1.165) is 20.8 Å². The Labute approximate surface area is 161 Å². The van der Waals surface area contributed by atoms with Crippen molar-refractivity contribution in [3.63, 3.8) is 0 Å². The average Bonchev–Trinajstić information content (AvgIpc) is 3.07. The lowest BCUT2D eigenvalue weighted by Gasteiger charge is -2.10. The standard InChI is InChI=1S/C19H20N4OS2/c1-12-8-7-11-16(13(12)2)21-18-22-23-19(26-18)25-14(3)17(24)20-15-9-5-4-6-10-15/h4-11,14H,1-3H3,(H,20,24)(H,21,22). The Hall–Kier alpha value is -2.38. The predicted octanol–water partition coefficient (Wildman–Crippen LogP) is 5.02. The zero-order valence-corrected chi connectivity index (χ0v) is 16.4. The second-order valence-electron chi connectivity index (χ2n) is 5.86. The topological polar surface area (TPSA) is 66.9 Å². The van der Waals surface area contributed by atoms with Crippen LogP contribution < -0.4 is 10.6 Å². The van der Waals surface area contributed by atoms with Crippen LogP contribution in [0, 0.1) is 13.8 Å². The number of aryl methyl sites for hydroxylation is 1. The van der Waals surface area contributed by atoms with Gasteiger partial charge in [-0.3, -0.25) is 4.79 Å². The van der Waals surface area contributed by atoms with Crippen molar-refractivity contribution >= 4 is 45.5 Å². The molecule has 7 heteroatoms. The Morgan fingerprint density at radius 2 is 1.85 bits per heavy atom. The molecular formula is C19H20N4OS2. The highest BCUT2D eigenvalue weighted by Gasteiger charge is 2.17. The number of hydrogen-bond donors (Lipinski definition) is 2. The summed E-state index contributed by atoms with van der Waals surface area (Å²) >= 11 is 2.85. The van der Waals surface area contributed by atoms with E-state index < -0.39 is 0 Å². The van der Waals surface area contributed by atoms with Gasteiger partial charge < -0.3 is 10.6 Å². The van der Waals surface area contributed by atoms with Gasteiger partial charge in [0.05, 0.1) is 5.25 Å². The monoisotopic (exact) mass is 384 g/mol. The van der Waals surface area contributed by atoms with Crippen molar-refractivity contribution in [2.24, 2.45) is 0 Å². The second-order valence-corrected chi connectivity index (χ2v) is 8.43. The van der Waals surface area contributed by atoms with Crippen LogP contribution in [-0.2, 0) is 4.79 Å². The van der Waals surface area contributed by atoms with Crippen molar-refractivity contribution in [2.45, 2.75) is 30.4 Å². The summed E-state index contributed by atoms with van der Waals surface area (Å²) in [6.07, 6.45) is 0. The molecule has 0 aliphatic rings. The lowest BCUT2D eigenvalue weighted by Crippen LogP contribution is -2.22. The average molecular weight is 385 g/mol. The van der Waals surface area contributed by atoms with Gasteiger partial charge in [-0.05, 0) is 50.1 Å². The van der Waals surface area contributed by atoms with Gasteiger partial charge in [-0.25, -0.2) is 0 Å². The van der Waals surface area contributed by atoms with Gasteiger partial charge in [-0.15, -0.1) is 10.2 Å². The van der Waals surface area contributed by atoms with E-state index in [4.69, 9.17) is 0 Å². The molecule has 26 heavy (non-hydrogen) atoms. The minimum absolute atomic E-state index is 0.0552. The summed E-state index contributed by atoms with van der Waals surface area (Å²) in [6.45, 7) is 6.02. The fraction of sp³-hybridized carbons (Fsp3) is 0.211. The minimum atomic E-state index is -0.267. The van der Waals surface area contributed by atoms with Crippen LogP contribution in [-0.4, -0.2) is 21.4 Å². The number of anilines is 3. The number of amides is 1. The molecule has 0 spiro atoms. The number of nitrogens with one attached hydrogen (secondary N) is 2. The van der Waals surface area contributed by atoms with E-state index in [1.54, 1.807) is 0 Å². The van der Waals surface area contributed by atoms with Crippen molar-refractivity contribution in [3.8, 4) is 0 Å². The highest BCUT2D eigenvalue weighted by molar-refractivity contribution is 8.02. The number of rotatable bonds is 6. The number of para-hydroxylation sites is 1. The second kappa shape index (κ2) is 8.33. The molecule has 1 unspecified atom stereocenters. The number of thioether (sulfide) groups is 1. The lowest BCUT2D eigenvalue weighted by atomic mass is 10.1. The van der Waals surface area contributed by atoms with Crippen LogP contribution >= 0.6 is 23.1 Å². The van der Waals surface area contributed by atoms with Gasteiger partial charge in [0.15, 0.2) is 4.34 Å². The van der Waals surface area contributed by atoms with E-state index in [-0.39, 0.29) is 11.2 Å². The first-order chi connectivity index (χ1) is 12.5. The van der Waals surface area contributed by atoms with Crippen LogP contribution in [0.3, 0.4) is 0 Å². The summed E-state index contributed by atoms with van der Waals surface area (Å²) in [7, 11) is 0. The smallest absolute Gasteiger partial charge is 0.237 e. The highest BCUT2D eigenvalue weighted by Crippen LogP contribution is 2.31. The molecule has 0 fully saturated rings. The van der Waals surface area contributed by atoms with Crippen LogP contribution in [0.25, 0.3) is 0 Å². The molecule has 134 valence electrons. The van der Waals surface area contributed by atoms with E-state index in [1.807, 2.05) is 49.4 Å². The summed E-state index contributed by atoms with van der Waals surface area (Å²) in [4.78, 5) is 12.3. The van der Waals surface area contributed by atoms with E-state index in [9.17, 15) is 4.79 Å². The molecular weight excluding hydrogens is 364 g/mol. The number of carbonyl (C=O) groups excluding carboxylic acids is 1. The summed E-state index contributed by atoms with van der Waals surface area (Å²) in [5.41, 5.74) is 4.22. The van der Waals surface area contributed by atoms with E-state index in [1.165, 1.54) is 34.2 Å². The molecule has 0 aliphatic heterocycles. The van der Waals surface area contributed by atoms with Crippen LogP contribution in [0.5, 0.6) is 0 Å². The Balaban J connectivity index is 1.61. The van der Waals surface area contributed by atoms with Crippen molar-refractivity contribution in [1.82, 2.24) is 10.2 Å². The van der Waals surface area contributed by atoms with Crippen molar-refractivity contribution < 1.29 is 4.79 Å². The number of aromatic nitrogens is 2. The zero-order valence-electron chi connectivity index (χ0n) is 14.8. The molecule has 0 aliphatic carbocycles. The SMILES string of the molecule is Cc1cccc(Nc2nnc(SC(C)C(=O)Nc3ccccc3)s2)c1C. The minimum Gasteiger partial charge on any atom is -0.330 e. The largest absolute Gasteiger partial charge is 0.330 e. The molecule has 1 heterocycles. The predicted molar refractivity (Wildman–Crippen MR) is 109 cm³/mol. The van der Waals surface area contributed by atoms with Crippen LogP contribution in [0.4, 0.5) is 16.5 Å². The normalized spacial score (nSPS) is 11.8. The third-order valence-electron chi connectivity index (χ3n) is 3.94. The first-order valence-electron chi connectivity index (χ1n) is 8.22. The van der Waals surface area contributed by atoms with Gasteiger partial charge in [0.1, 0.15) is 0 Å². The third kappa shape index (κ3) is 4.62. The molecule has 0 radical (unpaired) electrons. The fourth-order valence-corrected chi connectivity index (χ4v) is 4.19. The molecule has 0 saturated carbocycles.